The molecule has 0 saturated carbocycles. The predicted octanol–water partition coefficient (Wildman–Crippen LogP) is 5.72. The van der Waals surface area contributed by atoms with Crippen molar-refractivity contribution in [1.82, 2.24) is 9.80 Å². The first-order chi connectivity index (χ1) is 14.1. The van der Waals surface area contributed by atoms with Crippen molar-refractivity contribution < 1.29 is 8.58 Å². The zero-order chi connectivity index (χ0) is 21.1. The van der Waals surface area contributed by atoms with Crippen LogP contribution < -0.4 is 4.74 Å². The number of piperazine rings is 1. The Hall–Kier alpha value is -1.21. The largest absolute Gasteiger partial charge is 0.494 e. The van der Waals surface area contributed by atoms with E-state index in [0.717, 1.165) is 51.5 Å². The van der Waals surface area contributed by atoms with Crippen LogP contribution in [0.2, 0.25) is 10.0 Å². The van der Waals surface area contributed by atoms with E-state index in [4.69, 9.17) is 33.3 Å². The Labute approximate surface area is 191 Å². The van der Waals surface area contributed by atoms with Gasteiger partial charge < -0.3 is 9.64 Å². The number of nitrogens with zero attached hydrogens (tertiary/aromatic N) is 2. The minimum Gasteiger partial charge on any atom is -0.494 e. The molecule has 0 bridgehead atoms. The standard InChI is InChI=1S/C20H23Cl2N3O.Cl2O/c21-17-8-4-9-18(22)19(17)20(23)25-13-11-24(12-14-25)10-5-15-26-16-6-2-1-3-7-16;1-3-2/h1-4,6-9,23H,5,10-15H2;. The number of amidine groups is 1. The lowest BCUT2D eigenvalue weighted by atomic mass is 10.1. The fraction of sp³-hybridized carbons (Fsp3) is 0.350. The molecule has 1 aliphatic heterocycles. The van der Waals surface area contributed by atoms with E-state index in [2.05, 4.69) is 32.5 Å². The SMILES string of the molecule is ClOCl.N=C(c1c(Cl)cccc1Cl)N1CCN(CCCOc2ccccc2)CC1. The second kappa shape index (κ2) is 13.2. The van der Waals surface area contributed by atoms with E-state index in [0.29, 0.717) is 21.4 Å². The third-order valence-electron chi connectivity index (χ3n) is 4.52. The van der Waals surface area contributed by atoms with Crippen LogP contribution in [0.1, 0.15) is 12.0 Å². The molecule has 0 radical (unpaired) electrons. The van der Waals surface area contributed by atoms with Crippen molar-refractivity contribution in [3.63, 3.8) is 0 Å². The summed E-state index contributed by atoms with van der Waals surface area (Å²) in [6, 6.07) is 15.3. The van der Waals surface area contributed by atoms with E-state index in [9.17, 15) is 0 Å². The van der Waals surface area contributed by atoms with Gasteiger partial charge in [-0.2, -0.15) is 3.84 Å². The van der Waals surface area contributed by atoms with E-state index in [1.165, 1.54) is 0 Å². The van der Waals surface area contributed by atoms with Crippen LogP contribution in [0.4, 0.5) is 0 Å². The first-order valence-electron chi connectivity index (χ1n) is 9.14. The smallest absolute Gasteiger partial charge is 0.131 e. The first kappa shape index (κ1) is 24.1. The Morgan fingerprint density at radius 1 is 0.897 bits per heavy atom. The van der Waals surface area contributed by atoms with Crippen molar-refractivity contribution in [2.24, 2.45) is 0 Å². The van der Waals surface area contributed by atoms with Gasteiger partial charge in [0.25, 0.3) is 0 Å². The molecule has 0 amide bonds. The molecule has 0 aromatic heterocycles. The van der Waals surface area contributed by atoms with Gasteiger partial charge in [0.15, 0.2) is 0 Å². The third kappa shape index (κ3) is 7.85. The lowest BCUT2D eigenvalue weighted by Crippen LogP contribution is -2.49. The second-order valence-corrected chi connectivity index (χ2v) is 7.63. The van der Waals surface area contributed by atoms with Crippen LogP contribution in [0.25, 0.3) is 0 Å². The normalized spacial score (nSPS) is 14.1. The van der Waals surface area contributed by atoms with Gasteiger partial charge in [-0.3, -0.25) is 10.3 Å². The molecule has 3 rings (SSSR count). The summed E-state index contributed by atoms with van der Waals surface area (Å²) in [7, 11) is 0. The van der Waals surface area contributed by atoms with Gasteiger partial charge >= 0.3 is 0 Å². The average molecular weight is 479 g/mol. The van der Waals surface area contributed by atoms with Gasteiger partial charge in [0.05, 0.1) is 45.9 Å². The van der Waals surface area contributed by atoms with Crippen LogP contribution in [0, 0.1) is 5.41 Å². The second-order valence-electron chi connectivity index (χ2n) is 6.35. The van der Waals surface area contributed by atoms with Crippen molar-refractivity contribution in [2.75, 3.05) is 39.3 Å². The van der Waals surface area contributed by atoms with E-state index in [-0.39, 0.29) is 0 Å². The quantitative estimate of drug-likeness (QED) is 0.328. The Morgan fingerprint density at radius 2 is 1.48 bits per heavy atom. The number of ether oxygens (including phenoxy) is 1. The molecule has 1 heterocycles. The van der Waals surface area contributed by atoms with Crippen LogP contribution in [0.3, 0.4) is 0 Å². The topological polar surface area (TPSA) is 48.8 Å². The fourth-order valence-electron chi connectivity index (χ4n) is 3.07. The first-order valence-corrected chi connectivity index (χ1v) is 10.5. The number of halogens is 4. The Morgan fingerprint density at radius 3 is 2.07 bits per heavy atom. The summed E-state index contributed by atoms with van der Waals surface area (Å²) in [5.41, 5.74) is 0.626. The molecule has 2 aromatic rings. The summed E-state index contributed by atoms with van der Waals surface area (Å²) in [4.78, 5) is 4.45. The highest BCUT2D eigenvalue weighted by Gasteiger charge is 2.22. The summed E-state index contributed by atoms with van der Waals surface area (Å²) in [5, 5.41) is 9.51. The van der Waals surface area contributed by atoms with Gasteiger partial charge in [-0.25, -0.2) is 0 Å². The minimum absolute atomic E-state index is 0.410. The predicted molar refractivity (Wildman–Crippen MR) is 121 cm³/mol. The van der Waals surface area contributed by atoms with Crippen LogP contribution in [-0.2, 0) is 3.84 Å². The van der Waals surface area contributed by atoms with Crippen LogP contribution in [-0.4, -0.2) is 55.0 Å². The van der Waals surface area contributed by atoms with Crippen LogP contribution in [0.15, 0.2) is 48.5 Å². The van der Waals surface area contributed by atoms with Crippen molar-refractivity contribution in [1.29, 1.82) is 5.41 Å². The van der Waals surface area contributed by atoms with Crippen LogP contribution in [0.5, 0.6) is 5.75 Å². The van der Waals surface area contributed by atoms with Crippen LogP contribution >= 0.6 is 46.9 Å². The molecule has 0 spiro atoms. The number of para-hydroxylation sites is 1. The highest BCUT2D eigenvalue weighted by atomic mass is 35.6. The monoisotopic (exact) mass is 477 g/mol. The maximum absolute atomic E-state index is 8.45. The summed E-state index contributed by atoms with van der Waals surface area (Å²) in [6.45, 7) is 5.18. The summed E-state index contributed by atoms with van der Waals surface area (Å²) >= 11 is 21.0. The average Bonchev–Trinajstić information content (AvgIpc) is 2.73. The molecule has 0 atom stereocenters. The molecule has 1 aliphatic rings. The molecule has 158 valence electrons. The molecule has 9 heteroatoms. The van der Waals surface area contributed by atoms with Crippen molar-refractivity contribution in [3.8, 4) is 5.75 Å². The van der Waals surface area contributed by atoms with E-state index >= 15 is 0 Å². The molecule has 29 heavy (non-hydrogen) atoms. The molecule has 0 aliphatic carbocycles. The van der Waals surface area contributed by atoms with Gasteiger partial charge in [0.2, 0.25) is 0 Å². The Bertz CT molecular complexity index is 736. The Kier molecular flexibility index (Phi) is 10.9. The number of hydrogen-bond donors (Lipinski definition) is 1. The number of nitrogens with one attached hydrogen (secondary N) is 1. The maximum Gasteiger partial charge on any atom is 0.131 e. The van der Waals surface area contributed by atoms with E-state index in [1.807, 2.05) is 35.2 Å². The number of hydrogen-bond acceptors (Lipinski definition) is 4. The van der Waals surface area contributed by atoms with Crippen molar-refractivity contribution >= 4 is 52.8 Å². The zero-order valence-corrected chi connectivity index (χ0v) is 18.8. The highest BCUT2D eigenvalue weighted by molar-refractivity contribution is 6.39. The molecule has 2 aromatic carbocycles. The summed E-state index contributed by atoms with van der Waals surface area (Å²) < 4.78 is 8.93. The van der Waals surface area contributed by atoms with Gasteiger partial charge in [-0.15, -0.1) is 0 Å². The fourth-order valence-corrected chi connectivity index (χ4v) is 3.65. The van der Waals surface area contributed by atoms with Gasteiger partial charge in [0, 0.05) is 32.7 Å². The molecule has 0 unspecified atom stereocenters. The molecule has 5 nitrogen and oxygen atoms in total. The van der Waals surface area contributed by atoms with Gasteiger partial charge in [0.1, 0.15) is 11.6 Å². The highest BCUT2D eigenvalue weighted by Crippen LogP contribution is 2.26. The third-order valence-corrected chi connectivity index (χ3v) is 5.15. The summed E-state index contributed by atoms with van der Waals surface area (Å²) in [5.74, 6) is 1.33. The van der Waals surface area contributed by atoms with E-state index in [1.54, 1.807) is 18.2 Å². The lowest BCUT2D eigenvalue weighted by Gasteiger charge is -2.36. The van der Waals surface area contributed by atoms with Crippen molar-refractivity contribution in [2.45, 2.75) is 6.42 Å². The van der Waals surface area contributed by atoms with Crippen molar-refractivity contribution in [3.05, 3.63) is 64.1 Å². The Balaban J connectivity index is 0.000000941. The molecule has 1 N–H and O–H groups in total. The molecule has 1 fully saturated rings. The van der Waals surface area contributed by atoms with Gasteiger partial charge in [-0.1, -0.05) is 47.5 Å². The maximum atomic E-state index is 8.45. The molecule has 1 saturated heterocycles. The van der Waals surface area contributed by atoms with Gasteiger partial charge in [-0.05, 0) is 30.7 Å². The number of benzene rings is 2. The summed E-state index contributed by atoms with van der Waals surface area (Å²) in [6.07, 6.45) is 0.989. The lowest BCUT2D eigenvalue weighted by molar-refractivity contribution is 0.169. The molecular weight excluding hydrogens is 456 g/mol. The number of rotatable bonds is 6. The molecular formula is C20H23Cl4N3O2. The van der Waals surface area contributed by atoms with E-state index < -0.39 is 0 Å². The zero-order valence-electron chi connectivity index (χ0n) is 15.8. The minimum atomic E-state index is 0.410.